The Kier molecular flexibility index (Phi) is 9.08. The highest BCUT2D eigenvalue weighted by Gasteiger charge is 2.17. The molecule has 0 bridgehead atoms. The maximum Gasteiger partial charge on any atom is 0.220 e. The smallest absolute Gasteiger partial charge is 0.220 e. The van der Waals surface area contributed by atoms with E-state index in [4.69, 9.17) is 0 Å². The van der Waals surface area contributed by atoms with Gasteiger partial charge < -0.3 is 10.2 Å². The lowest BCUT2D eigenvalue weighted by atomic mass is 9.86. The van der Waals surface area contributed by atoms with Crippen LogP contribution in [-0.4, -0.2) is 38.0 Å². The Hall–Kier alpha value is -0.570. The first kappa shape index (κ1) is 17.4. The predicted octanol–water partition coefficient (Wildman–Crippen LogP) is 2.76. The van der Waals surface area contributed by atoms with E-state index in [0.29, 0.717) is 18.3 Å². The van der Waals surface area contributed by atoms with Gasteiger partial charge in [-0.15, -0.1) is 0 Å². The second-order valence-electron chi connectivity index (χ2n) is 6.33. The molecule has 1 amide bonds. The van der Waals surface area contributed by atoms with E-state index >= 15 is 0 Å². The average molecular weight is 256 g/mol. The summed E-state index contributed by atoms with van der Waals surface area (Å²) in [7, 11) is 4.04. The van der Waals surface area contributed by atoms with Crippen LogP contribution in [0.2, 0.25) is 0 Å². The van der Waals surface area contributed by atoms with Crippen molar-refractivity contribution in [3.63, 3.8) is 0 Å². The molecule has 0 radical (unpaired) electrons. The molecule has 0 aromatic carbocycles. The van der Waals surface area contributed by atoms with E-state index in [9.17, 15) is 4.79 Å². The van der Waals surface area contributed by atoms with Gasteiger partial charge in [0.1, 0.15) is 0 Å². The Morgan fingerprint density at radius 1 is 1.11 bits per heavy atom. The molecule has 0 aliphatic heterocycles. The van der Waals surface area contributed by atoms with Gasteiger partial charge in [0.25, 0.3) is 0 Å². The van der Waals surface area contributed by atoms with E-state index in [0.717, 1.165) is 25.4 Å². The van der Waals surface area contributed by atoms with Crippen LogP contribution in [0.25, 0.3) is 0 Å². The van der Waals surface area contributed by atoms with Crippen LogP contribution in [0.15, 0.2) is 0 Å². The number of carbonyl (C=O) groups excluding carboxylic acids is 1. The highest BCUT2D eigenvalue weighted by molar-refractivity contribution is 5.76. The minimum atomic E-state index is 0.208. The lowest BCUT2D eigenvalue weighted by Crippen LogP contribution is -2.33. The van der Waals surface area contributed by atoms with E-state index in [1.165, 1.54) is 6.42 Å². The first-order valence-corrected chi connectivity index (χ1v) is 7.24. The van der Waals surface area contributed by atoms with Crippen LogP contribution < -0.4 is 5.32 Å². The molecule has 0 aromatic heterocycles. The van der Waals surface area contributed by atoms with E-state index < -0.39 is 0 Å². The summed E-state index contributed by atoms with van der Waals surface area (Å²) in [6, 6.07) is 0. The van der Waals surface area contributed by atoms with E-state index in [1.807, 2.05) is 14.1 Å². The summed E-state index contributed by atoms with van der Waals surface area (Å²) < 4.78 is 0. The highest BCUT2D eigenvalue weighted by atomic mass is 16.1. The van der Waals surface area contributed by atoms with Gasteiger partial charge in [-0.25, -0.2) is 0 Å². The molecule has 0 unspecified atom stereocenters. The Bertz CT molecular complexity index is 225. The normalized spacial score (nSPS) is 13.4. The molecule has 0 heterocycles. The molecule has 0 aliphatic rings. The Morgan fingerprint density at radius 3 is 2.17 bits per heavy atom. The molecule has 0 saturated heterocycles. The van der Waals surface area contributed by atoms with E-state index in [2.05, 4.69) is 37.9 Å². The molecule has 0 spiro atoms. The van der Waals surface area contributed by atoms with Gasteiger partial charge in [-0.05, 0) is 38.3 Å². The number of hydrogen-bond acceptors (Lipinski definition) is 2. The number of carbonyl (C=O) groups is 1. The maximum absolute atomic E-state index is 11.9. The SMILES string of the molecule is CC(C)CC[C@H](CC(=O)NCCN(C)C)C(C)C. The van der Waals surface area contributed by atoms with Crippen molar-refractivity contribution in [1.29, 1.82) is 0 Å². The fraction of sp³-hybridized carbons (Fsp3) is 0.933. The van der Waals surface area contributed by atoms with E-state index in [-0.39, 0.29) is 5.91 Å². The van der Waals surface area contributed by atoms with Gasteiger partial charge in [-0.1, -0.05) is 34.1 Å². The van der Waals surface area contributed by atoms with Crippen molar-refractivity contribution in [3.8, 4) is 0 Å². The topological polar surface area (TPSA) is 32.3 Å². The summed E-state index contributed by atoms with van der Waals surface area (Å²) in [5.74, 6) is 2.04. The Labute approximate surface area is 113 Å². The third kappa shape index (κ3) is 9.46. The molecule has 0 rings (SSSR count). The van der Waals surface area contributed by atoms with Crippen molar-refractivity contribution >= 4 is 5.91 Å². The van der Waals surface area contributed by atoms with Crippen LogP contribution in [0.1, 0.15) is 47.0 Å². The van der Waals surface area contributed by atoms with Gasteiger partial charge in [0, 0.05) is 19.5 Å². The fourth-order valence-electron chi connectivity index (χ4n) is 1.95. The van der Waals surface area contributed by atoms with Crippen LogP contribution in [0, 0.1) is 17.8 Å². The molecule has 3 heteroatoms. The zero-order valence-corrected chi connectivity index (χ0v) is 13.1. The zero-order chi connectivity index (χ0) is 14.1. The van der Waals surface area contributed by atoms with Crippen LogP contribution in [0.3, 0.4) is 0 Å². The number of rotatable bonds is 9. The number of amides is 1. The molecular formula is C15H32N2O. The molecule has 1 atom stereocenters. The molecule has 0 saturated carbocycles. The molecule has 0 aromatic rings. The number of nitrogens with one attached hydrogen (secondary N) is 1. The lowest BCUT2D eigenvalue weighted by Gasteiger charge is -2.21. The van der Waals surface area contributed by atoms with Gasteiger partial charge in [0.05, 0.1) is 0 Å². The number of hydrogen-bond donors (Lipinski definition) is 1. The number of nitrogens with zero attached hydrogens (tertiary/aromatic N) is 1. The first-order valence-electron chi connectivity index (χ1n) is 7.24. The van der Waals surface area contributed by atoms with Crippen LogP contribution in [0.5, 0.6) is 0 Å². The third-order valence-corrected chi connectivity index (χ3v) is 3.39. The molecule has 1 N–H and O–H groups in total. The van der Waals surface area contributed by atoms with Crippen LogP contribution in [-0.2, 0) is 4.79 Å². The minimum Gasteiger partial charge on any atom is -0.355 e. The molecule has 18 heavy (non-hydrogen) atoms. The summed E-state index contributed by atoms with van der Waals surface area (Å²) in [4.78, 5) is 13.9. The quantitative estimate of drug-likeness (QED) is 0.688. The van der Waals surface area contributed by atoms with Gasteiger partial charge in [0.15, 0.2) is 0 Å². The van der Waals surface area contributed by atoms with Crippen molar-refractivity contribution in [1.82, 2.24) is 10.2 Å². The van der Waals surface area contributed by atoms with Crippen molar-refractivity contribution in [2.75, 3.05) is 27.2 Å². The second-order valence-corrected chi connectivity index (χ2v) is 6.33. The van der Waals surface area contributed by atoms with Gasteiger partial charge in [-0.3, -0.25) is 4.79 Å². The van der Waals surface area contributed by atoms with E-state index in [1.54, 1.807) is 0 Å². The Morgan fingerprint density at radius 2 is 1.72 bits per heavy atom. The number of likely N-dealkylation sites (N-methyl/N-ethyl adjacent to an activating group) is 1. The maximum atomic E-state index is 11.9. The minimum absolute atomic E-state index is 0.208. The van der Waals surface area contributed by atoms with Crippen LogP contribution >= 0.6 is 0 Å². The second kappa shape index (κ2) is 9.37. The predicted molar refractivity (Wildman–Crippen MR) is 78.6 cm³/mol. The summed E-state index contributed by atoms with van der Waals surface area (Å²) in [6.45, 7) is 10.6. The lowest BCUT2D eigenvalue weighted by molar-refractivity contribution is -0.122. The standard InChI is InChI=1S/C15H32N2O/c1-12(2)7-8-14(13(3)4)11-15(18)16-9-10-17(5)6/h12-14H,7-11H2,1-6H3,(H,16,18)/t14-/m1/s1. The fourth-order valence-corrected chi connectivity index (χ4v) is 1.95. The molecular weight excluding hydrogens is 224 g/mol. The molecule has 3 nitrogen and oxygen atoms in total. The van der Waals surface area contributed by atoms with Crippen molar-refractivity contribution in [2.45, 2.75) is 47.0 Å². The van der Waals surface area contributed by atoms with Crippen molar-refractivity contribution < 1.29 is 4.79 Å². The molecule has 0 aliphatic carbocycles. The summed E-state index contributed by atoms with van der Waals surface area (Å²) in [5, 5.41) is 3.01. The third-order valence-electron chi connectivity index (χ3n) is 3.39. The van der Waals surface area contributed by atoms with Gasteiger partial charge >= 0.3 is 0 Å². The van der Waals surface area contributed by atoms with Crippen molar-refractivity contribution in [3.05, 3.63) is 0 Å². The van der Waals surface area contributed by atoms with Crippen molar-refractivity contribution in [2.24, 2.45) is 17.8 Å². The zero-order valence-electron chi connectivity index (χ0n) is 13.1. The monoisotopic (exact) mass is 256 g/mol. The van der Waals surface area contributed by atoms with Gasteiger partial charge in [0.2, 0.25) is 5.91 Å². The first-order chi connectivity index (χ1) is 8.32. The largest absolute Gasteiger partial charge is 0.355 e. The Balaban J connectivity index is 3.96. The molecule has 0 fully saturated rings. The summed E-state index contributed by atoms with van der Waals surface area (Å²) >= 11 is 0. The van der Waals surface area contributed by atoms with Gasteiger partial charge in [-0.2, -0.15) is 0 Å². The highest BCUT2D eigenvalue weighted by Crippen LogP contribution is 2.23. The summed E-state index contributed by atoms with van der Waals surface area (Å²) in [5.41, 5.74) is 0. The molecule has 108 valence electrons. The summed E-state index contributed by atoms with van der Waals surface area (Å²) in [6.07, 6.45) is 3.06. The van der Waals surface area contributed by atoms with Crippen LogP contribution in [0.4, 0.5) is 0 Å². The average Bonchev–Trinajstić information content (AvgIpc) is 2.22.